The highest BCUT2D eigenvalue weighted by Gasteiger charge is 1.96. The van der Waals surface area contributed by atoms with Crippen LogP contribution in [0.15, 0.2) is 30.6 Å². The third-order valence-corrected chi connectivity index (χ3v) is 2.76. The van der Waals surface area contributed by atoms with Crippen LogP contribution in [0.5, 0.6) is 0 Å². The molecule has 3 nitrogen and oxygen atoms in total. The molecule has 0 saturated heterocycles. The van der Waals surface area contributed by atoms with Gasteiger partial charge in [0.1, 0.15) is 6.33 Å². The second-order valence-electron chi connectivity index (χ2n) is 3.41. The van der Waals surface area contributed by atoms with Crippen LogP contribution in [0, 0.1) is 6.92 Å². The summed E-state index contributed by atoms with van der Waals surface area (Å²) in [7, 11) is 0. The van der Waals surface area contributed by atoms with Crippen molar-refractivity contribution >= 4 is 16.7 Å². The Bertz CT molecular complexity index is 412. The third-order valence-electron chi connectivity index (χ3n) is 2.13. The Hall–Kier alpha value is -1.42. The molecule has 0 atom stereocenters. The summed E-state index contributed by atoms with van der Waals surface area (Å²) in [5, 5.41) is 4.13. The lowest BCUT2D eigenvalue weighted by molar-refractivity contribution is 1.01. The molecule has 1 N–H and O–H groups in total. The first kappa shape index (κ1) is 10.1. The Balaban J connectivity index is 1.83. The number of benzene rings is 1. The summed E-state index contributed by atoms with van der Waals surface area (Å²) in [6.45, 7) is 3.01. The summed E-state index contributed by atoms with van der Waals surface area (Å²) in [5.41, 5.74) is 2.66. The average molecular weight is 219 g/mol. The predicted octanol–water partition coefficient (Wildman–Crippen LogP) is 2.50. The van der Waals surface area contributed by atoms with Crippen LogP contribution in [-0.4, -0.2) is 15.9 Å². The normalized spacial score (nSPS) is 10.2. The molecule has 0 unspecified atom stereocenters. The molecule has 0 saturated carbocycles. The quantitative estimate of drug-likeness (QED) is 0.858. The van der Waals surface area contributed by atoms with Crippen molar-refractivity contribution in [2.24, 2.45) is 0 Å². The molecule has 0 spiro atoms. The highest BCUT2D eigenvalue weighted by molar-refractivity contribution is 7.09. The van der Waals surface area contributed by atoms with E-state index in [-0.39, 0.29) is 0 Å². The molecular weight excluding hydrogens is 206 g/mol. The lowest BCUT2D eigenvalue weighted by Crippen LogP contribution is -2.04. The first-order chi connectivity index (χ1) is 7.34. The molecule has 4 heteroatoms. The van der Waals surface area contributed by atoms with Gasteiger partial charge in [-0.15, -0.1) is 0 Å². The van der Waals surface area contributed by atoms with Crippen molar-refractivity contribution in [3.63, 3.8) is 0 Å². The highest BCUT2D eigenvalue weighted by Crippen LogP contribution is 2.08. The second kappa shape index (κ2) is 4.89. The van der Waals surface area contributed by atoms with Crippen molar-refractivity contribution in [2.75, 3.05) is 11.9 Å². The van der Waals surface area contributed by atoms with Crippen LogP contribution < -0.4 is 5.32 Å². The van der Waals surface area contributed by atoms with E-state index in [0.717, 1.165) is 18.1 Å². The van der Waals surface area contributed by atoms with Gasteiger partial charge in [-0.1, -0.05) is 29.8 Å². The van der Waals surface area contributed by atoms with E-state index in [9.17, 15) is 0 Å². The fourth-order valence-electron chi connectivity index (χ4n) is 1.43. The molecule has 0 radical (unpaired) electrons. The van der Waals surface area contributed by atoms with Crippen LogP contribution in [0.4, 0.5) is 5.13 Å². The lowest BCUT2D eigenvalue weighted by atomic mass is 10.1. The van der Waals surface area contributed by atoms with Gasteiger partial charge in [0.05, 0.1) is 0 Å². The standard InChI is InChI=1S/C11H13N3S/c1-9-3-2-4-10(7-9)5-6-12-11-13-8-14-15-11/h2-4,7-8H,5-6H2,1H3,(H,12,13,14). The number of hydrogen-bond acceptors (Lipinski definition) is 4. The molecule has 2 rings (SSSR count). The van der Waals surface area contributed by atoms with Gasteiger partial charge in [-0.25, -0.2) is 4.98 Å². The van der Waals surface area contributed by atoms with Crippen LogP contribution in [0.1, 0.15) is 11.1 Å². The largest absolute Gasteiger partial charge is 0.360 e. The third kappa shape index (κ3) is 3.02. The van der Waals surface area contributed by atoms with Crippen LogP contribution in [0.25, 0.3) is 0 Å². The molecule has 1 aromatic heterocycles. The van der Waals surface area contributed by atoms with Gasteiger partial charge in [0.25, 0.3) is 0 Å². The SMILES string of the molecule is Cc1cccc(CCNc2ncns2)c1. The van der Waals surface area contributed by atoms with Gasteiger partial charge < -0.3 is 5.32 Å². The van der Waals surface area contributed by atoms with Crippen molar-refractivity contribution in [2.45, 2.75) is 13.3 Å². The Morgan fingerprint density at radius 3 is 3.07 bits per heavy atom. The molecular formula is C11H13N3S. The summed E-state index contributed by atoms with van der Waals surface area (Å²) in [6, 6.07) is 8.56. The van der Waals surface area contributed by atoms with Gasteiger partial charge in [-0.3, -0.25) is 0 Å². The summed E-state index contributed by atoms with van der Waals surface area (Å²) >= 11 is 1.39. The van der Waals surface area contributed by atoms with Crippen LogP contribution >= 0.6 is 11.5 Å². The minimum Gasteiger partial charge on any atom is -0.360 e. The Labute approximate surface area is 93.4 Å². The van der Waals surface area contributed by atoms with Crippen molar-refractivity contribution in [3.05, 3.63) is 41.7 Å². The molecule has 0 bridgehead atoms. The molecule has 78 valence electrons. The first-order valence-electron chi connectivity index (χ1n) is 4.91. The number of aryl methyl sites for hydroxylation is 1. The van der Waals surface area contributed by atoms with Gasteiger partial charge in [0, 0.05) is 18.1 Å². The molecule has 2 aromatic rings. The molecule has 0 fully saturated rings. The van der Waals surface area contributed by atoms with Crippen LogP contribution in [-0.2, 0) is 6.42 Å². The van der Waals surface area contributed by atoms with Crippen molar-refractivity contribution in [1.29, 1.82) is 0 Å². The number of hydrogen-bond donors (Lipinski definition) is 1. The van der Waals surface area contributed by atoms with Gasteiger partial charge >= 0.3 is 0 Å². The maximum atomic E-state index is 4.06. The minimum atomic E-state index is 0.891. The van der Waals surface area contributed by atoms with E-state index in [4.69, 9.17) is 0 Å². The van der Waals surface area contributed by atoms with E-state index in [0.29, 0.717) is 0 Å². The topological polar surface area (TPSA) is 37.8 Å². The highest BCUT2D eigenvalue weighted by atomic mass is 32.1. The van der Waals surface area contributed by atoms with E-state index >= 15 is 0 Å². The van der Waals surface area contributed by atoms with Crippen molar-refractivity contribution in [1.82, 2.24) is 9.36 Å². The number of rotatable bonds is 4. The zero-order chi connectivity index (χ0) is 10.5. The van der Waals surface area contributed by atoms with Gasteiger partial charge in [-0.2, -0.15) is 4.37 Å². The minimum absolute atomic E-state index is 0.891. The molecule has 15 heavy (non-hydrogen) atoms. The summed E-state index contributed by atoms with van der Waals surface area (Å²) < 4.78 is 3.93. The number of nitrogens with zero attached hydrogens (tertiary/aromatic N) is 2. The zero-order valence-corrected chi connectivity index (χ0v) is 9.42. The molecule has 1 heterocycles. The van der Waals surface area contributed by atoms with Crippen LogP contribution in [0.3, 0.4) is 0 Å². The number of nitrogens with one attached hydrogen (secondary N) is 1. The van der Waals surface area contributed by atoms with E-state index in [1.54, 1.807) is 6.33 Å². The Morgan fingerprint density at radius 2 is 2.33 bits per heavy atom. The molecule has 0 amide bonds. The van der Waals surface area contributed by atoms with Gasteiger partial charge in [0.2, 0.25) is 5.13 Å². The first-order valence-corrected chi connectivity index (χ1v) is 5.68. The van der Waals surface area contributed by atoms with E-state index in [2.05, 4.69) is 45.9 Å². The zero-order valence-electron chi connectivity index (χ0n) is 8.60. The van der Waals surface area contributed by atoms with Crippen molar-refractivity contribution in [3.8, 4) is 0 Å². The summed E-state index contributed by atoms with van der Waals surface area (Å²) in [5.74, 6) is 0. The van der Waals surface area contributed by atoms with E-state index < -0.39 is 0 Å². The van der Waals surface area contributed by atoms with E-state index in [1.165, 1.54) is 22.7 Å². The Kier molecular flexibility index (Phi) is 3.29. The van der Waals surface area contributed by atoms with Crippen molar-refractivity contribution < 1.29 is 0 Å². The summed E-state index contributed by atoms with van der Waals surface area (Å²) in [6.07, 6.45) is 2.58. The summed E-state index contributed by atoms with van der Waals surface area (Å²) in [4.78, 5) is 4.06. The molecule has 0 aliphatic rings. The lowest BCUT2D eigenvalue weighted by Gasteiger charge is -2.03. The molecule has 1 aromatic carbocycles. The average Bonchev–Trinajstić information content (AvgIpc) is 2.71. The van der Waals surface area contributed by atoms with Gasteiger partial charge in [-0.05, 0) is 18.9 Å². The van der Waals surface area contributed by atoms with Gasteiger partial charge in [0.15, 0.2) is 0 Å². The maximum absolute atomic E-state index is 4.06. The fraction of sp³-hybridized carbons (Fsp3) is 0.273. The smallest absolute Gasteiger partial charge is 0.202 e. The monoisotopic (exact) mass is 219 g/mol. The number of aromatic nitrogens is 2. The van der Waals surface area contributed by atoms with E-state index in [1.807, 2.05) is 0 Å². The fourth-order valence-corrected chi connectivity index (χ4v) is 1.89. The Morgan fingerprint density at radius 1 is 1.40 bits per heavy atom. The maximum Gasteiger partial charge on any atom is 0.202 e. The molecule has 0 aliphatic carbocycles. The second-order valence-corrected chi connectivity index (χ2v) is 4.19. The molecule has 0 aliphatic heterocycles. The van der Waals surface area contributed by atoms with Crippen LogP contribution in [0.2, 0.25) is 0 Å². The number of anilines is 1. The predicted molar refractivity (Wildman–Crippen MR) is 63.3 cm³/mol.